The second-order valence-corrected chi connectivity index (χ2v) is 8.94. The number of aromatic nitrogens is 3. The molecule has 0 radical (unpaired) electrons. The standard InChI is InChI=1S/C20H15BrN4O4S/c1-29-18-12-14(21)5-8-17(18)25(19-3-2-10-22-24-19)30(27,28)15-6-7-16-13(11-15)4-9-20(26)23-16/h2-12H,1H3,(H,23,26). The van der Waals surface area contributed by atoms with Gasteiger partial charge in [0.1, 0.15) is 11.4 Å². The highest BCUT2D eigenvalue weighted by atomic mass is 79.9. The maximum Gasteiger partial charge on any atom is 0.270 e. The molecule has 0 aliphatic heterocycles. The van der Waals surface area contributed by atoms with E-state index in [1.165, 1.54) is 31.5 Å². The summed E-state index contributed by atoms with van der Waals surface area (Å²) in [7, 11) is -2.65. The van der Waals surface area contributed by atoms with E-state index in [9.17, 15) is 13.2 Å². The van der Waals surface area contributed by atoms with Crippen LogP contribution < -0.4 is 14.6 Å². The molecule has 30 heavy (non-hydrogen) atoms. The smallest absolute Gasteiger partial charge is 0.270 e. The molecule has 4 aromatic rings. The van der Waals surface area contributed by atoms with Gasteiger partial charge >= 0.3 is 0 Å². The fourth-order valence-electron chi connectivity index (χ4n) is 3.00. The highest BCUT2D eigenvalue weighted by molar-refractivity contribution is 9.10. The molecule has 0 unspecified atom stereocenters. The number of hydrogen-bond acceptors (Lipinski definition) is 6. The Hall–Kier alpha value is -3.24. The number of benzene rings is 2. The van der Waals surface area contributed by atoms with Crippen LogP contribution in [0.5, 0.6) is 5.75 Å². The zero-order chi connectivity index (χ0) is 21.3. The molecule has 0 aliphatic carbocycles. The maximum absolute atomic E-state index is 13.7. The lowest BCUT2D eigenvalue weighted by atomic mass is 10.2. The molecule has 0 spiro atoms. The van der Waals surface area contributed by atoms with Crippen LogP contribution in [0.3, 0.4) is 0 Å². The lowest BCUT2D eigenvalue weighted by molar-refractivity contribution is 0.415. The van der Waals surface area contributed by atoms with Crippen molar-refractivity contribution in [3.8, 4) is 5.75 Å². The van der Waals surface area contributed by atoms with E-state index in [1.54, 1.807) is 42.5 Å². The van der Waals surface area contributed by atoms with Gasteiger partial charge in [-0.05, 0) is 60.0 Å². The third kappa shape index (κ3) is 3.66. The van der Waals surface area contributed by atoms with Crippen LogP contribution >= 0.6 is 15.9 Å². The van der Waals surface area contributed by atoms with Crippen molar-refractivity contribution in [2.24, 2.45) is 0 Å². The highest BCUT2D eigenvalue weighted by Crippen LogP contribution is 2.39. The molecular weight excluding hydrogens is 472 g/mol. The van der Waals surface area contributed by atoms with Gasteiger partial charge in [0, 0.05) is 22.3 Å². The molecule has 10 heteroatoms. The number of nitrogens with one attached hydrogen (secondary N) is 1. The van der Waals surface area contributed by atoms with E-state index in [0.717, 1.165) is 8.78 Å². The lowest BCUT2D eigenvalue weighted by Crippen LogP contribution is -2.27. The fraction of sp³-hybridized carbons (Fsp3) is 0.0500. The number of aromatic amines is 1. The summed E-state index contributed by atoms with van der Waals surface area (Å²) in [5.74, 6) is 0.448. The average Bonchev–Trinajstić information content (AvgIpc) is 2.75. The fourth-order valence-corrected chi connectivity index (χ4v) is 4.82. The predicted octanol–water partition coefficient (Wildman–Crippen LogP) is 3.62. The number of sulfonamides is 1. The Bertz CT molecular complexity index is 1390. The number of nitrogens with zero attached hydrogens (tertiary/aromatic N) is 3. The number of H-pyrrole nitrogens is 1. The Morgan fingerprint density at radius 1 is 1.07 bits per heavy atom. The number of anilines is 2. The Morgan fingerprint density at radius 2 is 1.90 bits per heavy atom. The minimum atomic E-state index is -4.11. The van der Waals surface area contributed by atoms with Crippen molar-refractivity contribution >= 4 is 48.4 Å². The van der Waals surface area contributed by atoms with E-state index >= 15 is 0 Å². The van der Waals surface area contributed by atoms with Crippen molar-refractivity contribution in [3.63, 3.8) is 0 Å². The number of methoxy groups -OCH3 is 1. The highest BCUT2D eigenvalue weighted by Gasteiger charge is 2.30. The number of halogens is 1. The average molecular weight is 487 g/mol. The molecule has 0 atom stereocenters. The number of fused-ring (bicyclic) bond motifs is 1. The summed E-state index contributed by atoms with van der Waals surface area (Å²) in [6.07, 6.45) is 1.46. The van der Waals surface area contributed by atoms with Gasteiger partial charge in [0.15, 0.2) is 5.82 Å². The van der Waals surface area contributed by atoms with Crippen LogP contribution in [0.1, 0.15) is 0 Å². The van der Waals surface area contributed by atoms with E-state index in [0.29, 0.717) is 16.7 Å². The van der Waals surface area contributed by atoms with Crippen LogP contribution in [0, 0.1) is 0 Å². The zero-order valence-corrected chi connectivity index (χ0v) is 18.0. The van der Waals surface area contributed by atoms with Crippen molar-refractivity contribution in [1.29, 1.82) is 0 Å². The number of rotatable bonds is 5. The van der Waals surface area contributed by atoms with Crippen LogP contribution in [0.25, 0.3) is 10.9 Å². The van der Waals surface area contributed by atoms with Gasteiger partial charge < -0.3 is 9.72 Å². The van der Waals surface area contributed by atoms with Gasteiger partial charge in [-0.15, -0.1) is 5.10 Å². The summed E-state index contributed by atoms with van der Waals surface area (Å²) in [5, 5.41) is 8.41. The first-order valence-electron chi connectivity index (χ1n) is 8.70. The largest absolute Gasteiger partial charge is 0.494 e. The number of hydrogen-bond donors (Lipinski definition) is 1. The Kier molecular flexibility index (Phi) is 5.27. The summed E-state index contributed by atoms with van der Waals surface area (Å²) in [6.45, 7) is 0. The molecule has 0 amide bonds. The molecule has 2 heterocycles. The second kappa shape index (κ2) is 7.88. The van der Waals surface area contributed by atoms with E-state index in [1.807, 2.05) is 0 Å². The molecule has 2 aromatic heterocycles. The summed E-state index contributed by atoms with van der Waals surface area (Å²) >= 11 is 3.37. The molecule has 0 fully saturated rings. The van der Waals surface area contributed by atoms with Crippen molar-refractivity contribution in [2.75, 3.05) is 11.4 Å². The minimum Gasteiger partial charge on any atom is -0.494 e. The minimum absolute atomic E-state index is 0.0256. The lowest BCUT2D eigenvalue weighted by Gasteiger charge is -2.25. The molecule has 0 saturated heterocycles. The molecule has 0 aliphatic rings. The summed E-state index contributed by atoms with van der Waals surface area (Å²) in [6, 6.07) is 15.5. The molecule has 2 aromatic carbocycles. The molecule has 1 N–H and O–H groups in total. The number of ether oxygens (including phenoxy) is 1. The topological polar surface area (TPSA) is 105 Å². The van der Waals surface area contributed by atoms with Crippen molar-refractivity contribution < 1.29 is 13.2 Å². The first kappa shape index (κ1) is 20.0. The SMILES string of the molecule is COc1cc(Br)ccc1N(c1cccnn1)S(=O)(=O)c1ccc2[nH]c(=O)ccc2c1. The van der Waals surface area contributed by atoms with Crippen molar-refractivity contribution in [1.82, 2.24) is 15.2 Å². The van der Waals surface area contributed by atoms with Crippen LogP contribution in [-0.2, 0) is 10.0 Å². The van der Waals surface area contributed by atoms with Crippen molar-refractivity contribution in [2.45, 2.75) is 4.90 Å². The first-order valence-corrected chi connectivity index (χ1v) is 10.9. The Morgan fingerprint density at radius 3 is 2.63 bits per heavy atom. The van der Waals surface area contributed by atoms with E-state index < -0.39 is 10.0 Å². The second-order valence-electron chi connectivity index (χ2n) is 6.24. The normalized spacial score (nSPS) is 11.4. The van der Waals surface area contributed by atoms with Crippen LogP contribution in [-0.4, -0.2) is 30.7 Å². The Balaban J connectivity index is 1.95. The van der Waals surface area contributed by atoms with Crippen LogP contribution in [0.4, 0.5) is 11.5 Å². The monoisotopic (exact) mass is 486 g/mol. The molecule has 0 bridgehead atoms. The van der Waals surface area contributed by atoms with Crippen LogP contribution in [0.15, 0.2) is 81.0 Å². The van der Waals surface area contributed by atoms with E-state index in [4.69, 9.17) is 4.74 Å². The van der Waals surface area contributed by atoms with Gasteiger partial charge in [0.05, 0.1) is 12.0 Å². The zero-order valence-electron chi connectivity index (χ0n) is 15.6. The van der Waals surface area contributed by atoms with Gasteiger partial charge in [-0.1, -0.05) is 15.9 Å². The quantitative estimate of drug-likeness (QED) is 0.461. The van der Waals surface area contributed by atoms with Gasteiger partial charge in [-0.2, -0.15) is 5.10 Å². The van der Waals surface area contributed by atoms with Gasteiger partial charge in [0.2, 0.25) is 5.56 Å². The summed E-state index contributed by atoms with van der Waals surface area (Å²) in [4.78, 5) is 14.2. The number of pyridine rings is 1. The van der Waals surface area contributed by atoms with Gasteiger partial charge in [0.25, 0.3) is 10.0 Å². The molecule has 8 nitrogen and oxygen atoms in total. The molecule has 0 saturated carbocycles. The predicted molar refractivity (Wildman–Crippen MR) is 117 cm³/mol. The van der Waals surface area contributed by atoms with Crippen LogP contribution in [0.2, 0.25) is 0 Å². The third-order valence-electron chi connectivity index (χ3n) is 4.36. The van der Waals surface area contributed by atoms with E-state index in [2.05, 4.69) is 31.1 Å². The van der Waals surface area contributed by atoms with E-state index in [-0.39, 0.29) is 22.0 Å². The Labute approximate surface area is 180 Å². The van der Waals surface area contributed by atoms with Gasteiger partial charge in [-0.25, -0.2) is 12.7 Å². The van der Waals surface area contributed by atoms with Gasteiger partial charge in [-0.3, -0.25) is 4.79 Å². The third-order valence-corrected chi connectivity index (χ3v) is 6.57. The molecular formula is C20H15BrN4O4S. The summed E-state index contributed by atoms with van der Waals surface area (Å²) in [5.41, 5.74) is 0.551. The molecule has 4 rings (SSSR count). The summed E-state index contributed by atoms with van der Waals surface area (Å²) < 4.78 is 34.7. The van der Waals surface area contributed by atoms with Crippen molar-refractivity contribution in [3.05, 3.63) is 81.7 Å². The maximum atomic E-state index is 13.7. The molecule has 152 valence electrons. The first-order chi connectivity index (χ1) is 14.4.